The van der Waals surface area contributed by atoms with Gasteiger partial charge in [0.25, 0.3) is 0 Å². The van der Waals surface area contributed by atoms with Gasteiger partial charge in [0, 0.05) is 22.5 Å². The van der Waals surface area contributed by atoms with Gasteiger partial charge < -0.3 is 4.90 Å². The van der Waals surface area contributed by atoms with Crippen LogP contribution in [0.25, 0.3) is 0 Å². The summed E-state index contributed by atoms with van der Waals surface area (Å²) in [5, 5.41) is 0. The summed E-state index contributed by atoms with van der Waals surface area (Å²) in [6.07, 6.45) is 0.344. The second-order valence-electron chi connectivity index (χ2n) is 4.85. The Labute approximate surface area is 114 Å². The molecule has 0 N–H and O–H groups in total. The predicted molar refractivity (Wildman–Crippen MR) is 72.2 cm³/mol. The van der Waals surface area contributed by atoms with E-state index >= 15 is 0 Å². The maximum Gasteiger partial charge on any atom is 0.227 e. The number of rotatable bonds is 1. The van der Waals surface area contributed by atoms with E-state index in [1.807, 2.05) is 24.3 Å². The van der Waals surface area contributed by atoms with Crippen LogP contribution in [0.5, 0.6) is 0 Å². The summed E-state index contributed by atoms with van der Waals surface area (Å²) in [7, 11) is -2.99. The van der Waals surface area contributed by atoms with Crippen LogP contribution in [-0.2, 0) is 14.6 Å². The minimum absolute atomic E-state index is 0.0259. The van der Waals surface area contributed by atoms with Gasteiger partial charge in [-0.15, -0.1) is 0 Å². The largest absolute Gasteiger partial charge is 0.308 e. The average Bonchev–Trinajstić information content (AvgIpc) is 2.68. The number of carbonyl (C=O) groups is 1. The molecule has 2 saturated heterocycles. The molecule has 1 aromatic carbocycles. The molecule has 6 heteroatoms. The highest BCUT2D eigenvalue weighted by molar-refractivity contribution is 9.10. The number of fused-ring (bicyclic) bond motifs is 1. The first-order chi connectivity index (χ1) is 8.46. The van der Waals surface area contributed by atoms with E-state index in [1.165, 1.54) is 0 Å². The fourth-order valence-corrected chi connectivity index (χ4v) is 5.31. The van der Waals surface area contributed by atoms with Crippen molar-refractivity contribution in [2.75, 3.05) is 16.4 Å². The number of hydrogen-bond donors (Lipinski definition) is 0. The van der Waals surface area contributed by atoms with Crippen LogP contribution in [0.3, 0.4) is 0 Å². The molecule has 18 heavy (non-hydrogen) atoms. The van der Waals surface area contributed by atoms with E-state index in [0.29, 0.717) is 6.42 Å². The van der Waals surface area contributed by atoms with Gasteiger partial charge in [-0.3, -0.25) is 4.79 Å². The lowest BCUT2D eigenvalue weighted by molar-refractivity contribution is -0.117. The molecule has 1 amide bonds. The van der Waals surface area contributed by atoms with Gasteiger partial charge in [0.05, 0.1) is 17.5 Å². The van der Waals surface area contributed by atoms with Crippen molar-refractivity contribution in [2.45, 2.75) is 12.5 Å². The van der Waals surface area contributed by atoms with Crippen molar-refractivity contribution in [2.24, 2.45) is 5.92 Å². The van der Waals surface area contributed by atoms with Crippen molar-refractivity contribution in [3.8, 4) is 0 Å². The van der Waals surface area contributed by atoms with E-state index in [0.717, 1.165) is 10.2 Å². The molecule has 96 valence electrons. The molecule has 0 aliphatic carbocycles. The quantitative estimate of drug-likeness (QED) is 0.786. The van der Waals surface area contributed by atoms with E-state index in [4.69, 9.17) is 0 Å². The van der Waals surface area contributed by atoms with Crippen molar-refractivity contribution in [1.82, 2.24) is 0 Å². The Bertz CT molecular complexity index is 614. The van der Waals surface area contributed by atoms with Gasteiger partial charge in [-0.2, -0.15) is 0 Å². The molecule has 0 radical (unpaired) electrons. The van der Waals surface area contributed by atoms with Crippen molar-refractivity contribution in [1.29, 1.82) is 0 Å². The third-order valence-electron chi connectivity index (χ3n) is 3.56. The first-order valence-corrected chi connectivity index (χ1v) is 8.36. The molecule has 2 heterocycles. The number of sulfone groups is 1. The molecule has 1 aromatic rings. The van der Waals surface area contributed by atoms with Crippen LogP contribution in [0.2, 0.25) is 0 Å². The average molecular weight is 330 g/mol. The number of carbonyl (C=O) groups excluding carboxylic acids is 1. The zero-order chi connectivity index (χ0) is 12.9. The fourth-order valence-electron chi connectivity index (χ4n) is 2.85. The third kappa shape index (κ3) is 1.97. The number of nitrogens with zero attached hydrogens (tertiary/aromatic N) is 1. The summed E-state index contributed by atoms with van der Waals surface area (Å²) >= 11 is 3.37. The van der Waals surface area contributed by atoms with Crippen molar-refractivity contribution < 1.29 is 13.2 Å². The Kier molecular flexibility index (Phi) is 2.75. The lowest BCUT2D eigenvalue weighted by Gasteiger charge is -2.23. The van der Waals surface area contributed by atoms with E-state index in [9.17, 15) is 13.2 Å². The molecule has 4 nitrogen and oxygen atoms in total. The zero-order valence-electron chi connectivity index (χ0n) is 9.54. The number of halogens is 1. The first kappa shape index (κ1) is 12.2. The van der Waals surface area contributed by atoms with Crippen LogP contribution in [0, 0.1) is 5.92 Å². The Morgan fingerprint density at radius 3 is 2.78 bits per heavy atom. The van der Waals surface area contributed by atoms with E-state index in [-0.39, 0.29) is 29.4 Å². The Balaban J connectivity index is 1.99. The molecule has 0 saturated carbocycles. The van der Waals surface area contributed by atoms with E-state index in [2.05, 4.69) is 15.9 Å². The van der Waals surface area contributed by atoms with E-state index in [1.54, 1.807) is 4.90 Å². The summed E-state index contributed by atoms with van der Waals surface area (Å²) in [6.45, 7) is 0. The molecule has 0 spiro atoms. The lowest BCUT2D eigenvalue weighted by atomic mass is 10.1. The number of amides is 1. The highest BCUT2D eigenvalue weighted by Crippen LogP contribution is 2.37. The number of anilines is 1. The van der Waals surface area contributed by atoms with Gasteiger partial charge >= 0.3 is 0 Å². The van der Waals surface area contributed by atoms with Crippen LogP contribution in [0.4, 0.5) is 5.69 Å². The molecule has 2 aliphatic rings. The van der Waals surface area contributed by atoms with Crippen LogP contribution in [0.15, 0.2) is 28.7 Å². The molecule has 2 atom stereocenters. The summed E-state index contributed by atoms with van der Waals surface area (Å²) in [4.78, 5) is 13.7. The standard InChI is InChI=1S/C12H12BrNO3S/c13-9-2-1-3-10(5-9)14-11-7-18(16,17)6-8(11)4-12(14)15/h1-3,5,8,11H,4,6-7H2/t8-,11-/m1/s1. The Morgan fingerprint density at radius 1 is 1.28 bits per heavy atom. The normalized spacial score (nSPS) is 29.6. The van der Waals surface area contributed by atoms with Gasteiger partial charge in [-0.05, 0) is 18.2 Å². The minimum Gasteiger partial charge on any atom is -0.308 e. The Morgan fingerprint density at radius 2 is 2.06 bits per heavy atom. The minimum atomic E-state index is -2.99. The molecular weight excluding hydrogens is 318 g/mol. The molecule has 2 aliphatic heterocycles. The summed E-state index contributed by atoms with van der Waals surface area (Å²) < 4.78 is 24.2. The van der Waals surface area contributed by atoms with Crippen molar-refractivity contribution in [3.63, 3.8) is 0 Å². The van der Waals surface area contributed by atoms with Crippen LogP contribution in [-0.4, -0.2) is 31.9 Å². The summed E-state index contributed by atoms with van der Waals surface area (Å²) in [6, 6.07) is 7.24. The van der Waals surface area contributed by atoms with Gasteiger partial charge in [0.1, 0.15) is 0 Å². The summed E-state index contributed by atoms with van der Waals surface area (Å²) in [5.74, 6) is 0.226. The lowest BCUT2D eigenvalue weighted by Crippen LogP contribution is -2.36. The highest BCUT2D eigenvalue weighted by Gasteiger charge is 2.49. The molecule has 0 aromatic heterocycles. The molecule has 2 fully saturated rings. The van der Waals surface area contributed by atoms with Crippen molar-refractivity contribution in [3.05, 3.63) is 28.7 Å². The monoisotopic (exact) mass is 329 g/mol. The highest BCUT2D eigenvalue weighted by atomic mass is 79.9. The fraction of sp³-hybridized carbons (Fsp3) is 0.417. The predicted octanol–water partition coefficient (Wildman–Crippen LogP) is 1.60. The Hall–Kier alpha value is -0.880. The van der Waals surface area contributed by atoms with Crippen LogP contribution < -0.4 is 4.90 Å². The van der Waals surface area contributed by atoms with Gasteiger partial charge in [-0.1, -0.05) is 22.0 Å². The second kappa shape index (κ2) is 4.06. The van der Waals surface area contributed by atoms with Crippen molar-refractivity contribution >= 4 is 37.4 Å². The summed E-state index contributed by atoms with van der Waals surface area (Å²) in [5.41, 5.74) is 0.777. The van der Waals surface area contributed by atoms with Gasteiger partial charge in [0.15, 0.2) is 9.84 Å². The maximum absolute atomic E-state index is 12.0. The SMILES string of the molecule is O=C1C[C@@H]2CS(=O)(=O)C[C@H]2N1c1cccc(Br)c1. The zero-order valence-corrected chi connectivity index (χ0v) is 11.9. The number of benzene rings is 1. The molecular formula is C12H12BrNO3S. The molecule has 0 bridgehead atoms. The maximum atomic E-state index is 12.0. The third-order valence-corrected chi connectivity index (χ3v) is 5.84. The topological polar surface area (TPSA) is 54.5 Å². The van der Waals surface area contributed by atoms with Crippen LogP contribution in [0.1, 0.15) is 6.42 Å². The molecule has 3 rings (SSSR count). The molecule has 0 unspecified atom stereocenters. The van der Waals surface area contributed by atoms with Crippen LogP contribution >= 0.6 is 15.9 Å². The smallest absolute Gasteiger partial charge is 0.227 e. The van der Waals surface area contributed by atoms with E-state index < -0.39 is 9.84 Å². The van der Waals surface area contributed by atoms with Gasteiger partial charge in [0.2, 0.25) is 5.91 Å². The van der Waals surface area contributed by atoms with Gasteiger partial charge in [-0.25, -0.2) is 8.42 Å². The first-order valence-electron chi connectivity index (χ1n) is 5.74. The second-order valence-corrected chi connectivity index (χ2v) is 7.92. The number of hydrogen-bond acceptors (Lipinski definition) is 3.